The number of rotatable bonds is 4. The van der Waals surface area contributed by atoms with Crippen LogP contribution in [-0.2, 0) is 18.4 Å². The Morgan fingerprint density at radius 2 is 2.16 bits per heavy atom. The first-order valence-corrected chi connectivity index (χ1v) is 6.45. The molecule has 0 unspecified atom stereocenters. The van der Waals surface area contributed by atoms with E-state index in [1.165, 1.54) is 0 Å². The van der Waals surface area contributed by atoms with Crippen LogP contribution in [0.4, 0.5) is 0 Å². The van der Waals surface area contributed by atoms with E-state index >= 15 is 0 Å². The van der Waals surface area contributed by atoms with E-state index in [9.17, 15) is 4.79 Å². The predicted molar refractivity (Wildman–Crippen MR) is 71.0 cm³/mol. The van der Waals surface area contributed by atoms with E-state index < -0.39 is 0 Å². The van der Waals surface area contributed by atoms with E-state index in [0.29, 0.717) is 6.54 Å². The van der Waals surface area contributed by atoms with Crippen LogP contribution in [0, 0.1) is 5.92 Å². The van der Waals surface area contributed by atoms with Crippen LogP contribution in [0.1, 0.15) is 18.5 Å². The number of hydrogen-bond acceptors (Lipinski definition) is 3. The second-order valence-electron chi connectivity index (χ2n) is 4.87. The van der Waals surface area contributed by atoms with Gasteiger partial charge in [-0.2, -0.15) is 5.10 Å². The maximum atomic E-state index is 11.6. The maximum absolute atomic E-state index is 11.6. The van der Waals surface area contributed by atoms with Crippen LogP contribution in [0.2, 0.25) is 0 Å². The molecule has 2 aromatic heterocycles. The molecule has 0 aromatic carbocycles. The van der Waals surface area contributed by atoms with Gasteiger partial charge in [0.05, 0.1) is 17.9 Å². The largest absolute Gasteiger partial charge is 0.350 e. The van der Waals surface area contributed by atoms with Gasteiger partial charge in [0.1, 0.15) is 0 Å². The molecule has 2 aromatic rings. The molecule has 1 amide bonds. The molecule has 5 heteroatoms. The number of amides is 1. The molecule has 3 rings (SSSR count). The molecule has 0 bridgehead atoms. The summed E-state index contributed by atoms with van der Waals surface area (Å²) in [6, 6.07) is 5.90. The molecular weight excluding hydrogens is 240 g/mol. The molecule has 1 fully saturated rings. The molecule has 0 spiro atoms. The second-order valence-corrected chi connectivity index (χ2v) is 4.87. The summed E-state index contributed by atoms with van der Waals surface area (Å²) in [4.78, 5) is 15.6. The van der Waals surface area contributed by atoms with E-state index in [1.54, 1.807) is 12.4 Å². The Balaban J connectivity index is 1.72. The third-order valence-electron chi connectivity index (χ3n) is 3.30. The summed E-state index contributed by atoms with van der Waals surface area (Å²) in [6.07, 6.45) is 5.57. The van der Waals surface area contributed by atoms with Crippen LogP contribution >= 0.6 is 0 Å². The molecule has 0 saturated heterocycles. The number of aromatic nitrogens is 3. The lowest BCUT2D eigenvalue weighted by Gasteiger charge is -2.00. The van der Waals surface area contributed by atoms with Crippen LogP contribution in [0.5, 0.6) is 0 Å². The summed E-state index contributed by atoms with van der Waals surface area (Å²) in [5, 5.41) is 7.35. The van der Waals surface area contributed by atoms with E-state index in [1.807, 2.05) is 29.9 Å². The molecule has 98 valence electrons. The average molecular weight is 256 g/mol. The molecule has 0 radical (unpaired) electrons. The van der Waals surface area contributed by atoms with Crippen molar-refractivity contribution in [3.05, 3.63) is 36.3 Å². The summed E-state index contributed by atoms with van der Waals surface area (Å²) in [6.45, 7) is 0.494. The van der Waals surface area contributed by atoms with Gasteiger partial charge in [-0.15, -0.1) is 0 Å². The molecule has 2 heterocycles. The molecule has 1 aliphatic carbocycles. The van der Waals surface area contributed by atoms with Crippen molar-refractivity contribution >= 4 is 5.91 Å². The molecule has 5 nitrogen and oxygen atoms in total. The van der Waals surface area contributed by atoms with Gasteiger partial charge in [0.25, 0.3) is 0 Å². The van der Waals surface area contributed by atoms with Crippen molar-refractivity contribution in [3.63, 3.8) is 0 Å². The highest BCUT2D eigenvalue weighted by molar-refractivity contribution is 5.80. The summed E-state index contributed by atoms with van der Waals surface area (Å²) in [7, 11) is 1.90. The lowest BCUT2D eigenvalue weighted by molar-refractivity contribution is -0.122. The number of aryl methyl sites for hydroxylation is 1. The van der Waals surface area contributed by atoms with Crippen molar-refractivity contribution in [1.82, 2.24) is 20.1 Å². The average Bonchev–Trinajstić information content (AvgIpc) is 3.21. The lowest BCUT2D eigenvalue weighted by Crippen LogP contribution is -2.24. The van der Waals surface area contributed by atoms with Gasteiger partial charge in [0, 0.05) is 30.9 Å². The van der Waals surface area contributed by atoms with E-state index in [4.69, 9.17) is 0 Å². The van der Waals surface area contributed by atoms with Crippen molar-refractivity contribution in [1.29, 1.82) is 0 Å². The van der Waals surface area contributed by atoms with E-state index in [0.717, 1.165) is 29.8 Å². The second kappa shape index (κ2) is 4.84. The lowest BCUT2D eigenvalue weighted by atomic mass is 10.2. The van der Waals surface area contributed by atoms with Crippen LogP contribution in [0.15, 0.2) is 30.6 Å². The summed E-state index contributed by atoms with van der Waals surface area (Å²) in [5.74, 6) is 0.388. The topological polar surface area (TPSA) is 59.8 Å². The monoisotopic (exact) mass is 256 g/mol. The Morgan fingerprint density at radius 3 is 2.84 bits per heavy atom. The fourth-order valence-corrected chi connectivity index (χ4v) is 2.07. The Labute approximate surface area is 111 Å². The van der Waals surface area contributed by atoms with Gasteiger partial charge < -0.3 is 5.32 Å². The SMILES string of the molecule is Cn1nc(CNC(=O)C2CC2)cc1-c1ccncc1. The normalized spacial score (nSPS) is 14.4. The molecule has 19 heavy (non-hydrogen) atoms. The smallest absolute Gasteiger partial charge is 0.223 e. The minimum Gasteiger partial charge on any atom is -0.350 e. The highest BCUT2D eigenvalue weighted by atomic mass is 16.2. The molecular formula is C14H16N4O. The Hall–Kier alpha value is -2.17. The molecule has 1 saturated carbocycles. The zero-order chi connectivity index (χ0) is 13.2. The highest BCUT2D eigenvalue weighted by Gasteiger charge is 2.29. The van der Waals surface area contributed by atoms with Crippen molar-refractivity contribution in [2.45, 2.75) is 19.4 Å². The first-order valence-electron chi connectivity index (χ1n) is 6.45. The summed E-state index contributed by atoms with van der Waals surface area (Å²) >= 11 is 0. The van der Waals surface area contributed by atoms with Gasteiger partial charge in [-0.05, 0) is 31.0 Å². The first-order chi connectivity index (χ1) is 9.24. The fourth-order valence-electron chi connectivity index (χ4n) is 2.07. The Kier molecular flexibility index (Phi) is 3.03. The summed E-state index contributed by atoms with van der Waals surface area (Å²) < 4.78 is 1.83. The highest BCUT2D eigenvalue weighted by Crippen LogP contribution is 2.28. The van der Waals surface area contributed by atoms with Gasteiger partial charge >= 0.3 is 0 Å². The van der Waals surface area contributed by atoms with Crippen LogP contribution in [0.3, 0.4) is 0 Å². The summed E-state index contributed by atoms with van der Waals surface area (Å²) in [5.41, 5.74) is 2.98. The standard InChI is InChI=1S/C14H16N4O/c1-18-13(10-4-6-15-7-5-10)8-12(17-18)9-16-14(19)11-2-3-11/h4-8,11H,2-3,9H2,1H3,(H,16,19). The van der Waals surface area contributed by atoms with Gasteiger partial charge in [0.15, 0.2) is 0 Å². The first kappa shape index (κ1) is 11.9. The zero-order valence-corrected chi connectivity index (χ0v) is 10.8. The van der Waals surface area contributed by atoms with Crippen molar-refractivity contribution in [2.75, 3.05) is 0 Å². The van der Waals surface area contributed by atoms with Crippen molar-refractivity contribution in [2.24, 2.45) is 13.0 Å². The molecule has 1 aliphatic rings. The number of carbonyl (C=O) groups is 1. The van der Waals surface area contributed by atoms with Gasteiger partial charge in [-0.3, -0.25) is 14.5 Å². The molecule has 1 N–H and O–H groups in total. The van der Waals surface area contributed by atoms with E-state index in [2.05, 4.69) is 15.4 Å². The molecule has 0 atom stereocenters. The van der Waals surface area contributed by atoms with Crippen LogP contribution in [0.25, 0.3) is 11.3 Å². The Morgan fingerprint density at radius 1 is 1.42 bits per heavy atom. The fraction of sp³-hybridized carbons (Fsp3) is 0.357. The number of pyridine rings is 1. The quantitative estimate of drug-likeness (QED) is 0.902. The van der Waals surface area contributed by atoms with Gasteiger partial charge in [-0.1, -0.05) is 0 Å². The number of nitrogens with zero attached hydrogens (tertiary/aromatic N) is 3. The third-order valence-corrected chi connectivity index (χ3v) is 3.30. The predicted octanol–water partition coefficient (Wildman–Crippen LogP) is 1.51. The van der Waals surface area contributed by atoms with Crippen LogP contribution in [-0.4, -0.2) is 20.7 Å². The minimum absolute atomic E-state index is 0.149. The number of nitrogens with one attached hydrogen (secondary N) is 1. The third kappa shape index (κ3) is 2.65. The van der Waals surface area contributed by atoms with Crippen molar-refractivity contribution < 1.29 is 4.79 Å². The molecule has 0 aliphatic heterocycles. The van der Waals surface area contributed by atoms with Crippen LogP contribution < -0.4 is 5.32 Å². The van der Waals surface area contributed by atoms with Gasteiger partial charge in [-0.25, -0.2) is 0 Å². The zero-order valence-electron chi connectivity index (χ0n) is 10.8. The number of hydrogen-bond donors (Lipinski definition) is 1. The van der Waals surface area contributed by atoms with Crippen molar-refractivity contribution in [3.8, 4) is 11.3 Å². The minimum atomic E-state index is 0.149. The number of carbonyl (C=O) groups excluding carboxylic acids is 1. The van der Waals surface area contributed by atoms with Gasteiger partial charge in [0.2, 0.25) is 5.91 Å². The van der Waals surface area contributed by atoms with E-state index in [-0.39, 0.29) is 11.8 Å². The Bertz CT molecular complexity index is 587. The maximum Gasteiger partial charge on any atom is 0.223 e.